The van der Waals surface area contributed by atoms with Crippen LogP contribution in [0.1, 0.15) is 53.9 Å². The molecule has 0 rings (SSSR count). The number of nitrogens with zero attached hydrogens (tertiary/aromatic N) is 1. The first-order chi connectivity index (χ1) is 6.65. The summed E-state index contributed by atoms with van der Waals surface area (Å²) in [6.45, 7) is 14.3. The summed E-state index contributed by atoms with van der Waals surface area (Å²) in [5.41, 5.74) is 1.92. The van der Waals surface area contributed by atoms with Gasteiger partial charge in [0.1, 0.15) is 0 Å². The molecule has 0 N–H and O–H groups in total. The first kappa shape index (κ1) is 14.2. The summed E-state index contributed by atoms with van der Waals surface area (Å²) in [6, 6.07) is 0. The van der Waals surface area contributed by atoms with Crippen molar-refractivity contribution in [2.24, 2.45) is 0 Å². The Kier molecular flexibility index (Phi) is 8.59. The molecule has 14 heavy (non-hydrogen) atoms. The SMILES string of the molecule is CCCCN(CC)C(CC)[SiH2]C(C)C. The van der Waals surface area contributed by atoms with E-state index in [0.29, 0.717) is 0 Å². The van der Waals surface area contributed by atoms with E-state index in [-0.39, 0.29) is 9.52 Å². The second-order valence-corrected chi connectivity index (χ2v) is 7.72. The zero-order valence-electron chi connectivity index (χ0n) is 10.8. The zero-order valence-corrected chi connectivity index (χ0v) is 12.3. The predicted octanol–water partition coefficient (Wildman–Crippen LogP) is 2.84. The monoisotopic (exact) mass is 215 g/mol. The van der Waals surface area contributed by atoms with E-state index in [1.165, 1.54) is 32.4 Å². The molecule has 0 bridgehead atoms. The van der Waals surface area contributed by atoms with Crippen LogP contribution < -0.4 is 0 Å². The topological polar surface area (TPSA) is 3.24 Å². The van der Waals surface area contributed by atoms with Gasteiger partial charge in [-0.05, 0) is 31.6 Å². The van der Waals surface area contributed by atoms with Gasteiger partial charge in [-0.15, -0.1) is 0 Å². The van der Waals surface area contributed by atoms with Gasteiger partial charge in [-0.2, -0.15) is 0 Å². The van der Waals surface area contributed by atoms with E-state index in [1.54, 1.807) is 0 Å². The minimum atomic E-state index is 0.0996. The van der Waals surface area contributed by atoms with E-state index >= 15 is 0 Å². The molecule has 0 amide bonds. The second kappa shape index (κ2) is 8.48. The average molecular weight is 215 g/mol. The van der Waals surface area contributed by atoms with E-state index in [0.717, 1.165) is 11.2 Å². The van der Waals surface area contributed by atoms with Gasteiger partial charge in [0.2, 0.25) is 0 Å². The normalized spacial score (nSPS) is 14.8. The van der Waals surface area contributed by atoms with E-state index < -0.39 is 0 Å². The summed E-state index contributed by atoms with van der Waals surface area (Å²) >= 11 is 0. The summed E-state index contributed by atoms with van der Waals surface area (Å²) in [5.74, 6) is 0. The first-order valence-corrected chi connectivity index (χ1v) is 8.02. The molecule has 86 valence electrons. The first-order valence-electron chi connectivity index (χ1n) is 6.39. The molecule has 1 nitrogen and oxygen atoms in total. The smallest absolute Gasteiger partial charge is 0.0433 e. The van der Waals surface area contributed by atoms with Gasteiger partial charge in [0, 0.05) is 9.52 Å². The number of unbranched alkanes of at least 4 members (excludes halogenated alkanes) is 1. The molecular formula is C12H29NSi. The molecule has 0 aromatic rings. The lowest BCUT2D eigenvalue weighted by atomic mass is 10.3. The van der Waals surface area contributed by atoms with Crippen molar-refractivity contribution >= 4 is 9.52 Å². The van der Waals surface area contributed by atoms with Crippen molar-refractivity contribution in [3.8, 4) is 0 Å². The minimum absolute atomic E-state index is 0.0996. The van der Waals surface area contributed by atoms with Crippen LogP contribution >= 0.6 is 0 Å². The van der Waals surface area contributed by atoms with Crippen molar-refractivity contribution < 1.29 is 0 Å². The summed E-state index contributed by atoms with van der Waals surface area (Å²) in [7, 11) is 0.0996. The fraction of sp³-hybridized carbons (Fsp3) is 1.00. The Labute approximate surface area is 93.1 Å². The highest BCUT2D eigenvalue weighted by atomic mass is 28.2. The van der Waals surface area contributed by atoms with Crippen LogP contribution in [-0.2, 0) is 0 Å². The molecule has 0 aliphatic carbocycles. The Morgan fingerprint density at radius 2 is 1.79 bits per heavy atom. The van der Waals surface area contributed by atoms with Crippen molar-refractivity contribution in [2.45, 2.75) is 65.1 Å². The van der Waals surface area contributed by atoms with Gasteiger partial charge in [0.25, 0.3) is 0 Å². The van der Waals surface area contributed by atoms with Crippen LogP contribution in [0, 0.1) is 0 Å². The molecule has 0 aliphatic heterocycles. The molecule has 0 aliphatic rings. The molecule has 0 spiro atoms. The maximum absolute atomic E-state index is 2.72. The van der Waals surface area contributed by atoms with Crippen LogP contribution in [0.5, 0.6) is 0 Å². The van der Waals surface area contributed by atoms with Gasteiger partial charge in [-0.25, -0.2) is 0 Å². The van der Waals surface area contributed by atoms with Crippen molar-refractivity contribution in [3.05, 3.63) is 0 Å². The summed E-state index contributed by atoms with van der Waals surface area (Å²) in [4.78, 5) is 2.72. The number of hydrogen-bond acceptors (Lipinski definition) is 1. The fourth-order valence-electron chi connectivity index (χ4n) is 2.08. The minimum Gasteiger partial charge on any atom is -0.304 e. The highest BCUT2D eigenvalue weighted by molar-refractivity contribution is 6.39. The van der Waals surface area contributed by atoms with Crippen LogP contribution in [0.4, 0.5) is 0 Å². The Morgan fingerprint density at radius 1 is 1.14 bits per heavy atom. The van der Waals surface area contributed by atoms with Crippen LogP contribution in [0.15, 0.2) is 0 Å². The quantitative estimate of drug-likeness (QED) is 0.563. The van der Waals surface area contributed by atoms with Gasteiger partial charge in [-0.3, -0.25) is 0 Å². The molecule has 0 saturated carbocycles. The molecular weight excluding hydrogens is 186 g/mol. The highest BCUT2D eigenvalue weighted by Gasteiger charge is 2.15. The van der Waals surface area contributed by atoms with E-state index in [1.807, 2.05) is 0 Å². The largest absolute Gasteiger partial charge is 0.304 e. The Morgan fingerprint density at radius 3 is 2.14 bits per heavy atom. The summed E-state index contributed by atoms with van der Waals surface area (Å²) in [5, 5.41) is 0. The maximum Gasteiger partial charge on any atom is 0.0433 e. The van der Waals surface area contributed by atoms with Crippen molar-refractivity contribution in [1.82, 2.24) is 4.90 Å². The van der Waals surface area contributed by atoms with Crippen LogP contribution in [-0.4, -0.2) is 33.2 Å². The van der Waals surface area contributed by atoms with Gasteiger partial charge in [0.05, 0.1) is 0 Å². The third kappa shape index (κ3) is 5.81. The predicted molar refractivity (Wildman–Crippen MR) is 69.9 cm³/mol. The Bertz CT molecular complexity index is 125. The van der Waals surface area contributed by atoms with E-state index in [4.69, 9.17) is 0 Å². The molecule has 0 fully saturated rings. The van der Waals surface area contributed by atoms with Crippen LogP contribution in [0.25, 0.3) is 0 Å². The fourth-order valence-corrected chi connectivity index (χ4v) is 4.24. The van der Waals surface area contributed by atoms with Gasteiger partial charge < -0.3 is 4.90 Å². The lowest BCUT2D eigenvalue weighted by Gasteiger charge is -2.31. The van der Waals surface area contributed by atoms with Gasteiger partial charge in [-0.1, -0.05) is 46.6 Å². The molecule has 0 radical (unpaired) electrons. The molecule has 2 heteroatoms. The Balaban J connectivity index is 4.00. The molecule has 1 unspecified atom stereocenters. The molecule has 0 aromatic carbocycles. The summed E-state index contributed by atoms with van der Waals surface area (Å²) in [6.07, 6.45) is 4.06. The zero-order chi connectivity index (χ0) is 11.0. The third-order valence-corrected chi connectivity index (χ3v) is 5.52. The lowest BCUT2D eigenvalue weighted by molar-refractivity contribution is 0.251. The van der Waals surface area contributed by atoms with E-state index in [9.17, 15) is 0 Å². The second-order valence-electron chi connectivity index (χ2n) is 4.67. The van der Waals surface area contributed by atoms with Crippen molar-refractivity contribution in [1.29, 1.82) is 0 Å². The maximum atomic E-state index is 2.72. The molecule has 0 heterocycles. The van der Waals surface area contributed by atoms with Gasteiger partial charge in [0.15, 0.2) is 0 Å². The third-order valence-electron chi connectivity index (χ3n) is 2.94. The summed E-state index contributed by atoms with van der Waals surface area (Å²) < 4.78 is 0. The average Bonchev–Trinajstić information content (AvgIpc) is 2.16. The van der Waals surface area contributed by atoms with E-state index in [2.05, 4.69) is 39.5 Å². The highest BCUT2D eigenvalue weighted by Crippen LogP contribution is 2.10. The lowest BCUT2D eigenvalue weighted by Crippen LogP contribution is -2.40. The van der Waals surface area contributed by atoms with Crippen molar-refractivity contribution in [2.75, 3.05) is 13.1 Å². The molecule has 0 saturated heterocycles. The molecule has 0 aromatic heterocycles. The number of hydrogen-bond donors (Lipinski definition) is 0. The van der Waals surface area contributed by atoms with Crippen LogP contribution in [0.3, 0.4) is 0 Å². The van der Waals surface area contributed by atoms with Gasteiger partial charge >= 0.3 is 0 Å². The molecule has 1 atom stereocenters. The standard InChI is InChI=1S/C12H29NSi/c1-6-9-10-13(8-3)12(7-2)14-11(4)5/h11-12H,6-10,14H2,1-5H3. The Hall–Kier alpha value is 0.177. The van der Waals surface area contributed by atoms with Crippen LogP contribution in [0.2, 0.25) is 5.54 Å². The number of rotatable bonds is 8. The van der Waals surface area contributed by atoms with Crippen molar-refractivity contribution in [3.63, 3.8) is 0 Å².